The molecule has 0 bridgehead atoms. The van der Waals surface area contributed by atoms with Gasteiger partial charge >= 0.3 is 0 Å². The Hall–Kier alpha value is -1.07. The second-order valence-electron chi connectivity index (χ2n) is 5.80. The van der Waals surface area contributed by atoms with E-state index in [1.165, 1.54) is 5.56 Å². The molecule has 0 aliphatic rings. The molecular formula is C15H24BrN3O. The number of rotatable bonds is 7. The molecule has 0 spiro atoms. The zero-order chi connectivity index (χ0) is 15.2. The SMILES string of the molecule is CN(CCCC(C)(C)C(N)=NO)Cc1ccccc1Br. The van der Waals surface area contributed by atoms with E-state index in [0.29, 0.717) is 5.84 Å². The van der Waals surface area contributed by atoms with Crippen molar-refractivity contribution in [3.8, 4) is 0 Å². The van der Waals surface area contributed by atoms with Crippen LogP contribution < -0.4 is 5.73 Å². The molecule has 0 atom stereocenters. The molecule has 3 N–H and O–H groups in total. The Bertz CT molecular complexity index is 460. The summed E-state index contributed by atoms with van der Waals surface area (Å²) in [4.78, 5) is 2.28. The first-order valence-electron chi connectivity index (χ1n) is 6.77. The van der Waals surface area contributed by atoms with E-state index in [2.05, 4.69) is 51.2 Å². The third-order valence-electron chi connectivity index (χ3n) is 3.54. The van der Waals surface area contributed by atoms with Crippen molar-refractivity contribution < 1.29 is 5.21 Å². The highest BCUT2D eigenvalue weighted by Crippen LogP contribution is 2.23. The molecule has 1 aromatic carbocycles. The van der Waals surface area contributed by atoms with E-state index in [9.17, 15) is 0 Å². The molecule has 1 rings (SSSR count). The lowest BCUT2D eigenvalue weighted by Gasteiger charge is -2.24. The van der Waals surface area contributed by atoms with Crippen LogP contribution in [0, 0.1) is 5.41 Å². The molecule has 0 fully saturated rings. The predicted octanol–water partition coefficient (Wildman–Crippen LogP) is 3.43. The quantitative estimate of drug-likeness (QED) is 0.345. The van der Waals surface area contributed by atoms with Crippen LogP contribution in [-0.2, 0) is 6.54 Å². The average molecular weight is 342 g/mol. The van der Waals surface area contributed by atoms with Gasteiger partial charge in [0, 0.05) is 16.4 Å². The van der Waals surface area contributed by atoms with Crippen molar-refractivity contribution in [2.75, 3.05) is 13.6 Å². The number of nitrogens with two attached hydrogens (primary N) is 1. The molecule has 0 aromatic heterocycles. The molecule has 4 nitrogen and oxygen atoms in total. The Morgan fingerprint density at radius 3 is 2.65 bits per heavy atom. The summed E-state index contributed by atoms with van der Waals surface area (Å²) in [6, 6.07) is 8.26. The number of oxime groups is 1. The van der Waals surface area contributed by atoms with Crippen LogP contribution in [-0.4, -0.2) is 29.5 Å². The standard InChI is InChI=1S/C15H24BrN3O/c1-15(2,14(17)18-20)9-6-10-19(3)11-12-7-4-5-8-13(12)16/h4-5,7-8,20H,6,9-11H2,1-3H3,(H2,17,18). The lowest BCUT2D eigenvalue weighted by Crippen LogP contribution is -2.32. The van der Waals surface area contributed by atoms with E-state index in [1.54, 1.807) is 0 Å². The van der Waals surface area contributed by atoms with Gasteiger partial charge in [-0.05, 0) is 38.1 Å². The van der Waals surface area contributed by atoms with Crippen LogP contribution in [0.1, 0.15) is 32.3 Å². The number of nitrogens with zero attached hydrogens (tertiary/aromatic N) is 2. The fourth-order valence-corrected chi connectivity index (χ4v) is 2.46. The number of halogens is 1. The molecule has 0 heterocycles. The van der Waals surface area contributed by atoms with Crippen molar-refractivity contribution in [1.82, 2.24) is 4.90 Å². The van der Waals surface area contributed by atoms with E-state index in [4.69, 9.17) is 10.9 Å². The van der Waals surface area contributed by atoms with E-state index in [0.717, 1.165) is 30.4 Å². The van der Waals surface area contributed by atoms with Gasteiger partial charge in [-0.1, -0.05) is 53.1 Å². The Morgan fingerprint density at radius 2 is 2.05 bits per heavy atom. The molecule has 20 heavy (non-hydrogen) atoms. The molecule has 0 radical (unpaired) electrons. The monoisotopic (exact) mass is 341 g/mol. The van der Waals surface area contributed by atoms with E-state index in [-0.39, 0.29) is 5.41 Å². The van der Waals surface area contributed by atoms with E-state index in [1.807, 2.05) is 19.9 Å². The number of hydrogen-bond acceptors (Lipinski definition) is 3. The van der Waals surface area contributed by atoms with Crippen LogP contribution in [0.3, 0.4) is 0 Å². The fourth-order valence-electron chi connectivity index (χ4n) is 2.05. The van der Waals surface area contributed by atoms with Crippen molar-refractivity contribution in [2.24, 2.45) is 16.3 Å². The summed E-state index contributed by atoms with van der Waals surface area (Å²) >= 11 is 3.57. The molecule has 0 amide bonds. The van der Waals surface area contributed by atoms with Gasteiger partial charge in [0.2, 0.25) is 0 Å². The molecule has 1 aromatic rings. The van der Waals surface area contributed by atoms with Gasteiger partial charge < -0.3 is 15.8 Å². The topological polar surface area (TPSA) is 61.8 Å². The summed E-state index contributed by atoms with van der Waals surface area (Å²) in [5.74, 6) is 0.297. The smallest absolute Gasteiger partial charge is 0.144 e. The zero-order valence-electron chi connectivity index (χ0n) is 12.4. The highest BCUT2D eigenvalue weighted by atomic mass is 79.9. The summed E-state index contributed by atoms with van der Waals surface area (Å²) in [6.45, 7) is 5.88. The van der Waals surface area contributed by atoms with Crippen molar-refractivity contribution in [1.29, 1.82) is 0 Å². The highest BCUT2D eigenvalue weighted by molar-refractivity contribution is 9.10. The van der Waals surface area contributed by atoms with Crippen LogP contribution in [0.2, 0.25) is 0 Å². The van der Waals surface area contributed by atoms with Crippen LogP contribution in [0.25, 0.3) is 0 Å². The maximum atomic E-state index is 8.75. The third kappa shape index (κ3) is 5.13. The molecule has 0 saturated carbocycles. The minimum Gasteiger partial charge on any atom is -0.409 e. The van der Waals surface area contributed by atoms with E-state index < -0.39 is 0 Å². The summed E-state index contributed by atoms with van der Waals surface area (Å²) in [6.07, 6.45) is 1.90. The first-order valence-corrected chi connectivity index (χ1v) is 7.56. The maximum Gasteiger partial charge on any atom is 0.144 e. The number of benzene rings is 1. The van der Waals surface area contributed by atoms with E-state index >= 15 is 0 Å². The van der Waals surface area contributed by atoms with Crippen molar-refractivity contribution in [3.05, 3.63) is 34.3 Å². The van der Waals surface area contributed by atoms with Gasteiger partial charge in [0.1, 0.15) is 5.84 Å². The zero-order valence-corrected chi connectivity index (χ0v) is 14.0. The third-order valence-corrected chi connectivity index (χ3v) is 4.31. The van der Waals surface area contributed by atoms with Crippen LogP contribution in [0.15, 0.2) is 33.9 Å². The normalized spacial score (nSPS) is 12.9. The molecule has 0 aliphatic heterocycles. The first-order chi connectivity index (χ1) is 9.36. The Morgan fingerprint density at radius 1 is 1.40 bits per heavy atom. The first kappa shape index (κ1) is 17.0. The number of hydrogen-bond donors (Lipinski definition) is 2. The van der Waals surface area contributed by atoms with Crippen LogP contribution in [0.5, 0.6) is 0 Å². The average Bonchev–Trinajstić information content (AvgIpc) is 2.40. The summed E-state index contributed by atoms with van der Waals surface area (Å²) in [5, 5.41) is 11.9. The van der Waals surface area contributed by atoms with Gasteiger partial charge in [-0.2, -0.15) is 0 Å². The molecule has 0 saturated heterocycles. The van der Waals surface area contributed by atoms with Gasteiger partial charge in [-0.3, -0.25) is 0 Å². The summed E-state index contributed by atoms with van der Waals surface area (Å²) < 4.78 is 1.14. The highest BCUT2D eigenvalue weighted by Gasteiger charge is 2.23. The Balaban J connectivity index is 2.41. The second-order valence-corrected chi connectivity index (χ2v) is 6.66. The van der Waals surface area contributed by atoms with Gasteiger partial charge in [-0.15, -0.1) is 0 Å². The number of amidine groups is 1. The summed E-state index contributed by atoms with van der Waals surface area (Å²) in [7, 11) is 2.11. The largest absolute Gasteiger partial charge is 0.409 e. The lowest BCUT2D eigenvalue weighted by atomic mass is 9.86. The van der Waals surface area contributed by atoms with Crippen LogP contribution >= 0.6 is 15.9 Å². The minimum absolute atomic E-state index is 0.261. The molecular weight excluding hydrogens is 318 g/mol. The fraction of sp³-hybridized carbons (Fsp3) is 0.533. The lowest BCUT2D eigenvalue weighted by molar-refractivity contribution is 0.287. The van der Waals surface area contributed by atoms with Crippen LogP contribution in [0.4, 0.5) is 0 Å². The molecule has 0 aliphatic carbocycles. The van der Waals surface area contributed by atoms with Crippen molar-refractivity contribution in [3.63, 3.8) is 0 Å². The Kier molecular flexibility index (Phi) is 6.49. The second kappa shape index (κ2) is 7.64. The summed E-state index contributed by atoms with van der Waals surface area (Å²) in [5.41, 5.74) is 6.71. The predicted molar refractivity (Wildman–Crippen MR) is 86.9 cm³/mol. The van der Waals surface area contributed by atoms with Gasteiger partial charge in [0.15, 0.2) is 0 Å². The molecule has 0 unspecified atom stereocenters. The molecule has 5 heteroatoms. The minimum atomic E-state index is -0.261. The van der Waals surface area contributed by atoms with Gasteiger partial charge in [0.05, 0.1) is 0 Å². The van der Waals surface area contributed by atoms with Crippen molar-refractivity contribution >= 4 is 21.8 Å². The Labute approximate surface area is 129 Å². The van der Waals surface area contributed by atoms with Gasteiger partial charge in [0.25, 0.3) is 0 Å². The molecule has 112 valence electrons. The van der Waals surface area contributed by atoms with Crippen molar-refractivity contribution in [2.45, 2.75) is 33.2 Å². The maximum absolute atomic E-state index is 8.75. The van der Waals surface area contributed by atoms with Gasteiger partial charge in [-0.25, -0.2) is 0 Å².